The van der Waals surface area contributed by atoms with Crippen molar-refractivity contribution in [1.82, 2.24) is 35.0 Å². The molecule has 0 radical (unpaired) electrons. The van der Waals surface area contributed by atoms with Gasteiger partial charge in [-0.2, -0.15) is 9.61 Å². The van der Waals surface area contributed by atoms with Crippen LogP contribution >= 0.6 is 0 Å². The summed E-state index contributed by atoms with van der Waals surface area (Å²) in [6.45, 7) is 4.27. The molecule has 0 saturated heterocycles. The van der Waals surface area contributed by atoms with E-state index < -0.39 is 0 Å². The molecule has 0 fully saturated rings. The molecular weight excluding hydrogens is 334 g/mol. The Morgan fingerprint density at radius 2 is 1.81 bits per heavy atom. The molecule has 0 aliphatic rings. The fraction of sp³-hybridized carbons (Fsp3) is 0.235. The number of benzene rings is 1. The molecule has 136 valence electrons. The number of nitrogens with one attached hydrogen (secondary N) is 1. The first-order valence-corrected chi connectivity index (χ1v) is 8.10. The van der Waals surface area contributed by atoms with Gasteiger partial charge in [0.25, 0.3) is 0 Å². The number of hydrogen-bond donors (Lipinski definition) is 2. The minimum Gasteiger partial charge on any atom is -0.468 e. The summed E-state index contributed by atoms with van der Waals surface area (Å²) in [6.07, 6.45) is 1.43. The van der Waals surface area contributed by atoms with Crippen molar-refractivity contribution < 1.29 is 9.84 Å². The second-order valence-electron chi connectivity index (χ2n) is 4.55. The number of ether oxygens (including phenoxy) is 1. The molecule has 0 atom stereocenters. The van der Waals surface area contributed by atoms with E-state index in [9.17, 15) is 0 Å². The molecule has 0 unspecified atom stereocenters. The van der Waals surface area contributed by atoms with E-state index in [1.54, 1.807) is 10.6 Å². The van der Waals surface area contributed by atoms with Crippen molar-refractivity contribution in [1.29, 1.82) is 0 Å². The van der Waals surface area contributed by atoms with Crippen LogP contribution in [0.4, 0.5) is 0 Å². The minimum absolute atomic E-state index is 0.265. The van der Waals surface area contributed by atoms with Crippen molar-refractivity contribution in [2.24, 2.45) is 0 Å². The largest absolute Gasteiger partial charge is 0.468 e. The number of aromatic amines is 1. The second-order valence-corrected chi connectivity index (χ2v) is 4.55. The van der Waals surface area contributed by atoms with Gasteiger partial charge >= 0.3 is 0 Å². The molecule has 4 rings (SSSR count). The Bertz CT molecular complexity index is 892. The lowest BCUT2D eigenvalue weighted by atomic mass is 10.2. The van der Waals surface area contributed by atoms with Gasteiger partial charge in [0.15, 0.2) is 17.3 Å². The third-order valence-electron chi connectivity index (χ3n) is 3.09. The van der Waals surface area contributed by atoms with E-state index in [0.717, 1.165) is 12.7 Å². The van der Waals surface area contributed by atoms with Crippen molar-refractivity contribution in [3.63, 3.8) is 0 Å². The summed E-state index contributed by atoms with van der Waals surface area (Å²) in [5.74, 6) is 1.76. The molecule has 9 heteroatoms. The third kappa shape index (κ3) is 4.39. The van der Waals surface area contributed by atoms with Crippen molar-refractivity contribution in [3.05, 3.63) is 54.6 Å². The fourth-order valence-electron chi connectivity index (χ4n) is 2.06. The van der Waals surface area contributed by atoms with Crippen LogP contribution in [0, 0.1) is 0 Å². The molecule has 3 aromatic heterocycles. The molecule has 0 bridgehead atoms. The van der Waals surface area contributed by atoms with Crippen molar-refractivity contribution in [2.45, 2.75) is 20.5 Å². The van der Waals surface area contributed by atoms with Crippen molar-refractivity contribution in [3.8, 4) is 17.3 Å². The highest BCUT2D eigenvalue weighted by Crippen LogP contribution is 2.18. The van der Waals surface area contributed by atoms with Crippen LogP contribution in [0.1, 0.15) is 19.7 Å². The Morgan fingerprint density at radius 3 is 2.50 bits per heavy atom. The Kier molecular flexibility index (Phi) is 7.19. The number of hydrogen-bond acceptors (Lipinski definition) is 7. The predicted molar refractivity (Wildman–Crippen MR) is 96.4 cm³/mol. The Labute approximate surface area is 150 Å². The number of nitrogens with zero attached hydrogens (tertiary/aromatic N) is 6. The smallest absolute Gasteiger partial charge is 0.232 e. The standard InChI is InChI=1S/C14H11N7O.C2H6.CH4O/c1-2-4-10(5-3-1)14-19-18-12-6-7-13(20-21(12)14)22-8-11-15-9-16-17-11;2*1-2/h1-7,9H,8H2,(H,15,16,17);1-2H3;2H,1H3. The molecule has 1 aromatic carbocycles. The van der Waals surface area contributed by atoms with E-state index in [1.807, 2.05) is 50.2 Å². The Balaban J connectivity index is 0.000000570. The minimum atomic E-state index is 0.265. The first kappa shape index (κ1) is 19.0. The van der Waals surface area contributed by atoms with E-state index in [2.05, 4.69) is 30.5 Å². The second kappa shape index (κ2) is 9.84. The Morgan fingerprint density at radius 1 is 1.04 bits per heavy atom. The topological polar surface area (TPSA) is 114 Å². The molecule has 0 amide bonds. The van der Waals surface area contributed by atoms with Crippen LogP contribution in [0.5, 0.6) is 5.88 Å². The van der Waals surface area contributed by atoms with Gasteiger partial charge in [-0.25, -0.2) is 4.98 Å². The lowest BCUT2D eigenvalue weighted by molar-refractivity contribution is 0.280. The maximum Gasteiger partial charge on any atom is 0.232 e. The average molecular weight is 355 g/mol. The van der Waals surface area contributed by atoms with Gasteiger partial charge in [-0.1, -0.05) is 44.2 Å². The summed E-state index contributed by atoms with van der Waals surface area (Å²) in [5.41, 5.74) is 1.60. The normalized spacial score (nSPS) is 9.69. The van der Waals surface area contributed by atoms with Crippen LogP contribution in [-0.2, 0) is 6.61 Å². The lowest BCUT2D eigenvalue weighted by Gasteiger charge is -2.04. The zero-order valence-electron chi connectivity index (χ0n) is 14.9. The summed E-state index contributed by atoms with van der Waals surface area (Å²) >= 11 is 0. The molecule has 0 aliphatic heterocycles. The predicted octanol–water partition coefficient (Wildman–Crippen LogP) is 2.12. The highest BCUT2D eigenvalue weighted by molar-refractivity contribution is 5.58. The van der Waals surface area contributed by atoms with Crippen LogP contribution in [0.3, 0.4) is 0 Å². The molecular formula is C17H21N7O2. The highest BCUT2D eigenvalue weighted by atomic mass is 16.5. The van der Waals surface area contributed by atoms with Gasteiger partial charge in [0.1, 0.15) is 12.9 Å². The number of aliphatic hydroxyl groups excluding tert-OH is 1. The maximum atomic E-state index is 7.00. The first-order chi connectivity index (χ1) is 12.9. The third-order valence-corrected chi connectivity index (χ3v) is 3.09. The van der Waals surface area contributed by atoms with E-state index in [1.165, 1.54) is 6.33 Å². The zero-order chi connectivity index (χ0) is 18.8. The fourth-order valence-corrected chi connectivity index (χ4v) is 2.06. The molecule has 0 saturated carbocycles. The van der Waals surface area contributed by atoms with Crippen LogP contribution < -0.4 is 4.74 Å². The monoisotopic (exact) mass is 355 g/mol. The number of aromatic nitrogens is 7. The molecule has 9 nitrogen and oxygen atoms in total. The van der Waals surface area contributed by atoms with E-state index in [0.29, 0.717) is 23.2 Å². The van der Waals surface area contributed by atoms with Crippen molar-refractivity contribution in [2.75, 3.05) is 7.11 Å². The quantitative estimate of drug-likeness (QED) is 0.576. The number of rotatable bonds is 4. The molecule has 3 heterocycles. The van der Waals surface area contributed by atoms with E-state index in [-0.39, 0.29) is 6.61 Å². The summed E-state index contributed by atoms with van der Waals surface area (Å²) in [7, 11) is 1.00. The summed E-state index contributed by atoms with van der Waals surface area (Å²) < 4.78 is 7.26. The van der Waals surface area contributed by atoms with Gasteiger partial charge in [-0.3, -0.25) is 5.10 Å². The average Bonchev–Trinajstić information content (AvgIpc) is 3.39. The SMILES string of the molecule is CC.CO.c1ccc(-c2nnc3ccc(OCc4ncn[nH]4)nn23)cc1. The molecule has 2 N–H and O–H groups in total. The van der Waals surface area contributed by atoms with E-state index in [4.69, 9.17) is 9.84 Å². The zero-order valence-corrected chi connectivity index (χ0v) is 14.9. The van der Waals surface area contributed by atoms with Gasteiger partial charge in [-0.05, 0) is 6.07 Å². The number of fused-ring (bicyclic) bond motifs is 1. The van der Waals surface area contributed by atoms with Crippen LogP contribution in [0.2, 0.25) is 0 Å². The van der Waals surface area contributed by atoms with Gasteiger partial charge in [0, 0.05) is 18.7 Å². The lowest BCUT2D eigenvalue weighted by Crippen LogP contribution is -2.02. The molecule has 0 aliphatic carbocycles. The summed E-state index contributed by atoms with van der Waals surface area (Å²) in [5, 5.41) is 26.2. The van der Waals surface area contributed by atoms with Gasteiger partial charge in [0.05, 0.1) is 0 Å². The van der Waals surface area contributed by atoms with Gasteiger partial charge in [0.2, 0.25) is 5.88 Å². The van der Waals surface area contributed by atoms with Crippen LogP contribution in [-0.4, -0.2) is 47.2 Å². The number of H-pyrrole nitrogens is 1. The van der Waals surface area contributed by atoms with E-state index >= 15 is 0 Å². The van der Waals surface area contributed by atoms with Gasteiger partial charge in [-0.15, -0.1) is 15.3 Å². The Hall–Kier alpha value is -3.33. The van der Waals surface area contributed by atoms with Crippen molar-refractivity contribution >= 4 is 5.65 Å². The van der Waals surface area contributed by atoms with Crippen LogP contribution in [0.15, 0.2) is 48.8 Å². The van der Waals surface area contributed by atoms with Crippen LogP contribution in [0.25, 0.3) is 17.0 Å². The summed E-state index contributed by atoms with van der Waals surface area (Å²) in [4.78, 5) is 4.00. The highest BCUT2D eigenvalue weighted by Gasteiger charge is 2.10. The molecule has 0 spiro atoms. The van der Waals surface area contributed by atoms with Gasteiger partial charge < -0.3 is 9.84 Å². The summed E-state index contributed by atoms with van der Waals surface area (Å²) in [6, 6.07) is 13.3. The first-order valence-electron chi connectivity index (χ1n) is 8.10. The maximum absolute atomic E-state index is 7.00. The number of aliphatic hydroxyl groups is 1. The molecule has 4 aromatic rings. The molecule has 26 heavy (non-hydrogen) atoms.